The first-order valence-electron chi connectivity index (χ1n) is 13.2. The number of piperidine rings is 1. The van der Waals surface area contributed by atoms with Crippen molar-refractivity contribution < 1.29 is 32.6 Å². The standard InChI is InChI=1S/C29H33F3N4O4S/c1-28(2,3)40-27(39)35(25-11-10-24(41-25)26(37)38)14-6-7-20-17-21-22(33-19-12-15-34(4)16-13-19)8-5-9-23(21)36(20)18-29(30,31)32/h5,8-11,17,19,33H,12-16,18H2,1-4H3,(H,37,38). The fraction of sp³-hybridized carbons (Fsp3) is 0.448. The Kier molecular flexibility index (Phi) is 8.89. The third-order valence-electron chi connectivity index (χ3n) is 6.50. The van der Waals surface area contributed by atoms with E-state index in [0.717, 1.165) is 47.5 Å². The van der Waals surface area contributed by atoms with E-state index >= 15 is 0 Å². The summed E-state index contributed by atoms with van der Waals surface area (Å²) < 4.78 is 47.5. The Balaban J connectivity index is 1.68. The van der Waals surface area contributed by atoms with Crippen LogP contribution in [0.15, 0.2) is 36.4 Å². The van der Waals surface area contributed by atoms with E-state index in [-0.39, 0.29) is 23.2 Å². The van der Waals surface area contributed by atoms with Gasteiger partial charge in [-0.3, -0.25) is 4.90 Å². The molecule has 0 bridgehead atoms. The second-order valence-corrected chi connectivity index (χ2v) is 12.1. The van der Waals surface area contributed by atoms with E-state index in [9.17, 15) is 27.9 Å². The molecule has 220 valence electrons. The number of anilines is 2. The van der Waals surface area contributed by atoms with Crippen LogP contribution in [0.4, 0.5) is 28.7 Å². The Labute approximate surface area is 240 Å². The fourth-order valence-electron chi connectivity index (χ4n) is 4.58. The Morgan fingerprint density at radius 3 is 2.49 bits per heavy atom. The van der Waals surface area contributed by atoms with E-state index in [1.54, 1.807) is 39.0 Å². The zero-order chi connectivity index (χ0) is 29.9. The molecule has 4 rings (SSSR count). The second kappa shape index (κ2) is 12.0. The Bertz CT molecular complexity index is 1470. The molecule has 0 saturated carbocycles. The summed E-state index contributed by atoms with van der Waals surface area (Å²) in [5, 5.41) is 13.7. The van der Waals surface area contributed by atoms with Crippen molar-refractivity contribution in [2.24, 2.45) is 0 Å². The summed E-state index contributed by atoms with van der Waals surface area (Å²) in [6.45, 7) is 5.51. The van der Waals surface area contributed by atoms with Crippen molar-refractivity contribution in [3.63, 3.8) is 0 Å². The lowest BCUT2D eigenvalue weighted by atomic mass is 10.0. The number of thiophene rings is 1. The van der Waals surface area contributed by atoms with Crippen molar-refractivity contribution in [3.05, 3.63) is 47.0 Å². The van der Waals surface area contributed by atoms with Crippen LogP contribution in [-0.2, 0) is 11.3 Å². The number of hydrogen-bond donors (Lipinski definition) is 2. The van der Waals surface area contributed by atoms with Crippen LogP contribution in [0.2, 0.25) is 0 Å². The lowest BCUT2D eigenvalue weighted by molar-refractivity contribution is -0.140. The van der Waals surface area contributed by atoms with Crippen molar-refractivity contribution in [3.8, 4) is 11.8 Å². The number of amides is 1. The first kappa shape index (κ1) is 30.3. The highest BCUT2D eigenvalue weighted by Crippen LogP contribution is 2.32. The number of alkyl halides is 3. The van der Waals surface area contributed by atoms with E-state index in [0.29, 0.717) is 15.9 Å². The quantitative estimate of drug-likeness (QED) is 0.330. The van der Waals surface area contributed by atoms with E-state index in [1.165, 1.54) is 17.0 Å². The number of carboxylic acid groups (broad SMARTS) is 1. The number of benzene rings is 1. The molecule has 0 radical (unpaired) electrons. The molecular formula is C29H33F3N4O4S. The Hall–Kier alpha value is -3.69. The van der Waals surface area contributed by atoms with Crippen LogP contribution in [0.5, 0.6) is 0 Å². The molecule has 2 N–H and O–H groups in total. The maximum Gasteiger partial charge on any atom is 0.416 e. The number of fused-ring (bicyclic) bond motifs is 1. The summed E-state index contributed by atoms with van der Waals surface area (Å²) in [5.41, 5.74) is 0.469. The lowest BCUT2D eigenvalue weighted by Crippen LogP contribution is -2.36. The maximum absolute atomic E-state index is 13.6. The monoisotopic (exact) mass is 590 g/mol. The van der Waals surface area contributed by atoms with Gasteiger partial charge in [0.1, 0.15) is 22.0 Å². The van der Waals surface area contributed by atoms with Gasteiger partial charge in [0.15, 0.2) is 0 Å². The van der Waals surface area contributed by atoms with E-state index in [2.05, 4.69) is 29.1 Å². The second-order valence-electron chi connectivity index (χ2n) is 11.0. The Morgan fingerprint density at radius 2 is 1.88 bits per heavy atom. The third-order valence-corrected chi connectivity index (χ3v) is 7.59. The first-order valence-corrected chi connectivity index (χ1v) is 14.0. The molecule has 1 amide bonds. The molecule has 1 aromatic carbocycles. The van der Waals surface area contributed by atoms with E-state index in [4.69, 9.17) is 4.74 Å². The van der Waals surface area contributed by atoms with Crippen LogP contribution in [0.25, 0.3) is 10.9 Å². The normalized spacial score (nSPS) is 14.9. The number of carbonyl (C=O) groups is 2. The number of aromatic carboxylic acids is 1. The molecule has 1 aliphatic rings. The van der Waals surface area contributed by atoms with Gasteiger partial charge in [-0.1, -0.05) is 12.0 Å². The molecule has 1 aliphatic heterocycles. The molecule has 0 aliphatic carbocycles. The number of carboxylic acids is 1. The molecule has 3 heterocycles. The minimum absolute atomic E-state index is 0.0245. The van der Waals surface area contributed by atoms with Gasteiger partial charge in [-0.25, -0.2) is 9.59 Å². The highest BCUT2D eigenvalue weighted by atomic mass is 32.1. The molecule has 1 saturated heterocycles. The SMILES string of the molecule is CN1CCC(Nc2cccc3c2cc(C#CCN(C(=O)OC(C)(C)C)c2ccc(C(=O)O)s2)n3CC(F)(F)F)CC1. The summed E-state index contributed by atoms with van der Waals surface area (Å²) in [5.74, 6) is 4.50. The molecular weight excluding hydrogens is 557 g/mol. The van der Waals surface area contributed by atoms with Gasteiger partial charge in [0.05, 0.1) is 17.8 Å². The number of rotatable bonds is 6. The summed E-state index contributed by atoms with van der Waals surface area (Å²) >= 11 is 0.876. The molecule has 0 spiro atoms. The molecule has 12 heteroatoms. The minimum atomic E-state index is -4.48. The average molecular weight is 591 g/mol. The molecule has 8 nitrogen and oxygen atoms in total. The van der Waals surface area contributed by atoms with Crippen LogP contribution >= 0.6 is 11.3 Å². The smallest absolute Gasteiger partial charge is 0.416 e. The van der Waals surface area contributed by atoms with Crippen molar-refractivity contribution in [2.75, 3.05) is 36.9 Å². The number of hydrogen-bond acceptors (Lipinski definition) is 6. The summed E-state index contributed by atoms with van der Waals surface area (Å²) in [4.78, 5) is 27.8. The van der Waals surface area contributed by atoms with Crippen LogP contribution < -0.4 is 10.2 Å². The van der Waals surface area contributed by atoms with E-state index < -0.39 is 30.4 Å². The van der Waals surface area contributed by atoms with Gasteiger partial charge in [0.25, 0.3) is 0 Å². The minimum Gasteiger partial charge on any atom is -0.477 e. The van der Waals surface area contributed by atoms with Crippen molar-refractivity contribution in [1.29, 1.82) is 0 Å². The first-order chi connectivity index (χ1) is 19.2. The predicted molar refractivity (Wildman–Crippen MR) is 154 cm³/mol. The fourth-order valence-corrected chi connectivity index (χ4v) is 5.42. The van der Waals surface area contributed by atoms with Crippen LogP contribution in [0, 0.1) is 11.8 Å². The molecule has 41 heavy (non-hydrogen) atoms. The van der Waals surface area contributed by atoms with Gasteiger partial charge in [-0.15, -0.1) is 11.3 Å². The molecule has 1 fully saturated rings. The number of carbonyl (C=O) groups excluding carboxylic acids is 1. The summed E-state index contributed by atoms with van der Waals surface area (Å²) in [7, 11) is 2.06. The highest BCUT2D eigenvalue weighted by molar-refractivity contribution is 7.18. The summed E-state index contributed by atoms with van der Waals surface area (Å²) in [6.07, 6.45) is -3.37. The number of aromatic nitrogens is 1. The van der Waals surface area contributed by atoms with Gasteiger partial charge in [0, 0.05) is 17.1 Å². The number of likely N-dealkylation sites (tertiary alicyclic amines) is 1. The maximum atomic E-state index is 13.6. The third kappa shape index (κ3) is 7.95. The van der Waals surface area contributed by atoms with Gasteiger partial charge < -0.3 is 24.6 Å². The van der Waals surface area contributed by atoms with Gasteiger partial charge in [-0.2, -0.15) is 13.2 Å². The zero-order valence-corrected chi connectivity index (χ0v) is 24.2. The molecule has 0 atom stereocenters. The molecule has 3 aromatic rings. The average Bonchev–Trinajstić information content (AvgIpc) is 3.48. The van der Waals surface area contributed by atoms with Crippen LogP contribution in [-0.4, -0.2) is 71.1 Å². The van der Waals surface area contributed by atoms with Crippen LogP contribution in [0.1, 0.15) is 49.0 Å². The lowest BCUT2D eigenvalue weighted by Gasteiger charge is -2.30. The Morgan fingerprint density at radius 1 is 1.17 bits per heavy atom. The predicted octanol–water partition coefficient (Wildman–Crippen LogP) is 6.26. The molecule has 2 aromatic heterocycles. The largest absolute Gasteiger partial charge is 0.477 e. The number of ether oxygens (including phenoxy) is 1. The van der Waals surface area contributed by atoms with Crippen molar-refractivity contribution in [1.82, 2.24) is 9.47 Å². The number of halogens is 3. The van der Waals surface area contributed by atoms with Crippen LogP contribution in [0.3, 0.4) is 0 Å². The zero-order valence-electron chi connectivity index (χ0n) is 23.3. The van der Waals surface area contributed by atoms with E-state index in [1.807, 2.05) is 6.07 Å². The number of nitrogens with one attached hydrogen (secondary N) is 1. The van der Waals surface area contributed by atoms with Crippen molar-refractivity contribution in [2.45, 2.75) is 58.0 Å². The summed E-state index contributed by atoms with van der Waals surface area (Å²) in [6, 6.07) is 9.91. The molecule has 0 unspecified atom stereocenters. The highest BCUT2D eigenvalue weighted by Gasteiger charge is 2.30. The van der Waals surface area contributed by atoms with Gasteiger partial charge >= 0.3 is 18.2 Å². The van der Waals surface area contributed by atoms with Gasteiger partial charge in [0.2, 0.25) is 0 Å². The topological polar surface area (TPSA) is 87.0 Å². The number of nitrogens with zero attached hydrogens (tertiary/aromatic N) is 3. The van der Waals surface area contributed by atoms with Gasteiger partial charge in [-0.05, 0) is 90.0 Å². The van der Waals surface area contributed by atoms with Crippen molar-refractivity contribution >= 4 is 45.0 Å².